The van der Waals surface area contributed by atoms with Gasteiger partial charge in [0.1, 0.15) is 0 Å². The Balaban J connectivity index is 2.82. The van der Waals surface area contributed by atoms with E-state index in [1.165, 1.54) is 16.7 Å². The van der Waals surface area contributed by atoms with E-state index in [1.54, 1.807) is 0 Å². The lowest BCUT2D eigenvalue weighted by Gasteiger charge is -2.03. The number of alkyl halides is 2. The summed E-state index contributed by atoms with van der Waals surface area (Å²) in [7, 11) is 0. The molecule has 0 aliphatic carbocycles. The van der Waals surface area contributed by atoms with Crippen LogP contribution in [-0.4, -0.2) is 0 Å². The van der Waals surface area contributed by atoms with E-state index in [9.17, 15) is 8.78 Å². The number of hydrogen-bond acceptors (Lipinski definition) is 1. The molecule has 4 heteroatoms. The van der Waals surface area contributed by atoms with Crippen molar-refractivity contribution in [3.8, 4) is 0 Å². The summed E-state index contributed by atoms with van der Waals surface area (Å²) in [5.41, 5.74) is 1.03. The zero-order valence-corrected chi connectivity index (χ0v) is 9.75. The summed E-state index contributed by atoms with van der Waals surface area (Å²) in [6.07, 6.45) is -2.39. The number of rotatable bonds is 1. The standard InChI is InChI=1S/C10H7BrF2S/c1-5-7(11)2-3-8-9(5)6(4-14-8)10(12)13/h2-4,10H,1H3. The molecule has 0 nitrogen and oxygen atoms in total. The van der Waals surface area contributed by atoms with Crippen molar-refractivity contribution in [3.05, 3.63) is 33.1 Å². The average molecular weight is 277 g/mol. The van der Waals surface area contributed by atoms with Crippen LogP contribution in [0.3, 0.4) is 0 Å². The summed E-state index contributed by atoms with van der Waals surface area (Å²) >= 11 is 4.71. The smallest absolute Gasteiger partial charge is 0.205 e. The Morgan fingerprint density at radius 2 is 2.07 bits per heavy atom. The first-order valence-corrected chi connectivity index (χ1v) is 5.73. The van der Waals surface area contributed by atoms with Crippen molar-refractivity contribution in [2.75, 3.05) is 0 Å². The molecule has 0 bridgehead atoms. The van der Waals surface area contributed by atoms with Crippen LogP contribution in [0.15, 0.2) is 22.0 Å². The van der Waals surface area contributed by atoms with Crippen molar-refractivity contribution in [2.24, 2.45) is 0 Å². The largest absolute Gasteiger partial charge is 0.265 e. The minimum Gasteiger partial charge on any atom is -0.205 e. The third-order valence-electron chi connectivity index (χ3n) is 2.20. The van der Waals surface area contributed by atoms with E-state index >= 15 is 0 Å². The van der Waals surface area contributed by atoms with Gasteiger partial charge in [-0.25, -0.2) is 8.78 Å². The van der Waals surface area contributed by atoms with E-state index in [1.807, 2.05) is 19.1 Å². The first-order chi connectivity index (χ1) is 6.61. The maximum Gasteiger partial charge on any atom is 0.265 e. The van der Waals surface area contributed by atoms with Crippen LogP contribution in [0.2, 0.25) is 0 Å². The molecule has 0 aliphatic heterocycles. The fourth-order valence-corrected chi connectivity index (χ4v) is 2.81. The number of thiophene rings is 1. The monoisotopic (exact) mass is 276 g/mol. The molecule has 74 valence electrons. The topological polar surface area (TPSA) is 0 Å². The average Bonchev–Trinajstić information content (AvgIpc) is 2.55. The Bertz CT molecular complexity index is 476. The SMILES string of the molecule is Cc1c(Br)ccc2scc(C(F)F)c12. The summed E-state index contributed by atoms with van der Waals surface area (Å²) < 4.78 is 27.1. The van der Waals surface area contributed by atoms with Gasteiger partial charge in [-0.15, -0.1) is 11.3 Å². The Kier molecular flexibility index (Phi) is 2.58. The molecule has 0 saturated heterocycles. The first kappa shape index (κ1) is 10.1. The van der Waals surface area contributed by atoms with Gasteiger partial charge in [0, 0.05) is 25.5 Å². The van der Waals surface area contributed by atoms with Gasteiger partial charge in [0.2, 0.25) is 0 Å². The number of hydrogen-bond donors (Lipinski definition) is 0. The van der Waals surface area contributed by atoms with E-state index in [2.05, 4.69) is 15.9 Å². The lowest BCUT2D eigenvalue weighted by Crippen LogP contribution is -1.84. The van der Waals surface area contributed by atoms with Crippen LogP contribution >= 0.6 is 27.3 Å². The van der Waals surface area contributed by atoms with Crippen LogP contribution in [0.5, 0.6) is 0 Å². The number of fused-ring (bicyclic) bond motifs is 1. The molecule has 2 aromatic rings. The summed E-state index contributed by atoms with van der Waals surface area (Å²) in [4.78, 5) is 0. The Morgan fingerprint density at radius 1 is 1.36 bits per heavy atom. The van der Waals surface area contributed by atoms with E-state index in [0.29, 0.717) is 5.39 Å². The van der Waals surface area contributed by atoms with Crippen molar-refractivity contribution in [2.45, 2.75) is 13.3 Å². The van der Waals surface area contributed by atoms with E-state index < -0.39 is 6.43 Å². The molecular weight excluding hydrogens is 270 g/mol. The summed E-state index contributed by atoms with van der Waals surface area (Å²) in [6, 6.07) is 3.76. The van der Waals surface area contributed by atoms with Crippen molar-refractivity contribution in [1.82, 2.24) is 0 Å². The quantitative estimate of drug-likeness (QED) is 0.694. The van der Waals surface area contributed by atoms with Gasteiger partial charge in [-0.3, -0.25) is 0 Å². The highest BCUT2D eigenvalue weighted by molar-refractivity contribution is 9.10. The molecular formula is C10H7BrF2S. The number of aryl methyl sites for hydroxylation is 1. The van der Waals surface area contributed by atoms with Gasteiger partial charge < -0.3 is 0 Å². The van der Waals surface area contributed by atoms with Crippen molar-refractivity contribution < 1.29 is 8.78 Å². The van der Waals surface area contributed by atoms with Crippen LogP contribution in [0.25, 0.3) is 10.1 Å². The lowest BCUT2D eigenvalue weighted by atomic mass is 10.1. The Labute approximate surface area is 92.7 Å². The van der Waals surface area contributed by atoms with E-state index in [0.717, 1.165) is 14.7 Å². The van der Waals surface area contributed by atoms with Crippen molar-refractivity contribution in [1.29, 1.82) is 0 Å². The highest BCUT2D eigenvalue weighted by Gasteiger charge is 2.15. The van der Waals surface area contributed by atoms with Crippen LogP contribution in [0, 0.1) is 6.92 Å². The van der Waals surface area contributed by atoms with Crippen molar-refractivity contribution >= 4 is 37.4 Å². The summed E-state index contributed by atoms with van der Waals surface area (Å²) in [6.45, 7) is 1.85. The predicted octanol–water partition coefficient (Wildman–Crippen LogP) is 4.91. The fourth-order valence-electron chi connectivity index (χ4n) is 1.46. The van der Waals surface area contributed by atoms with Gasteiger partial charge in [0.25, 0.3) is 6.43 Å². The molecule has 0 aliphatic rings. The fraction of sp³-hybridized carbons (Fsp3) is 0.200. The summed E-state index contributed by atoms with van der Waals surface area (Å²) in [5, 5.41) is 2.23. The number of benzene rings is 1. The minimum atomic E-state index is -2.39. The van der Waals surface area contributed by atoms with E-state index in [4.69, 9.17) is 0 Å². The molecule has 0 atom stereocenters. The van der Waals surface area contributed by atoms with Crippen LogP contribution in [0.4, 0.5) is 8.78 Å². The van der Waals surface area contributed by atoms with E-state index in [-0.39, 0.29) is 5.56 Å². The summed E-state index contributed by atoms with van der Waals surface area (Å²) in [5.74, 6) is 0. The molecule has 0 radical (unpaired) electrons. The normalized spacial score (nSPS) is 11.5. The predicted molar refractivity (Wildman–Crippen MR) is 59.2 cm³/mol. The lowest BCUT2D eigenvalue weighted by molar-refractivity contribution is 0.153. The van der Waals surface area contributed by atoms with Gasteiger partial charge >= 0.3 is 0 Å². The highest BCUT2D eigenvalue weighted by atomic mass is 79.9. The molecule has 0 unspecified atom stereocenters. The van der Waals surface area contributed by atoms with Gasteiger partial charge in [-0.2, -0.15) is 0 Å². The molecule has 14 heavy (non-hydrogen) atoms. The van der Waals surface area contributed by atoms with Gasteiger partial charge in [0.15, 0.2) is 0 Å². The zero-order chi connectivity index (χ0) is 10.3. The second kappa shape index (κ2) is 3.59. The molecule has 2 rings (SSSR count). The minimum absolute atomic E-state index is 0.142. The molecule has 0 spiro atoms. The molecule has 1 aromatic heterocycles. The molecule has 0 N–H and O–H groups in total. The van der Waals surface area contributed by atoms with Gasteiger partial charge in [-0.05, 0) is 24.6 Å². The van der Waals surface area contributed by atoms with Gasteiger partial charge in [0.05, 0.1) is 0 Å². The maximum atomic E-state index is 12.6. The molecule has 0 saturated carbocycles. The van der Waals surface area contributed by atoms with Crippen LogP contribution in [0.1, 0.15) is 17.6 Å². The third-order valence-corrected chi connectivity index (χ3v) is 4.02. The van der Waals surface area contributed by atoms with Crippen molar-refractivity contribution in [3.63, 3.8) is 0 Å². The van der Waals surface area contributed by atoms with Gasteiger partial charge in [-0.1, -0.05) is 15.9 Å². The number of halogens is 3. The Morgan fingerprint density at radius 3 is 2.71 bits per heavy atom. The third kappa shape index (κ3) is 1.46. The molecule has 1 aromatic carbocycles. The zero-order valence-electron chi connectivity index (χ0n) is 7.35. The molecule has 1 heterocycles. The first-order valence-electron chi connectivity index (χ1n) is 4.05. The highest BCUT2D eigenvalue weighted by Crippen LogP contribution is 2.37. The maximum absolute atomic E-state index is 12.6. The second-order valence-corrected chi connectivity index (χ2v) is 4.80. The molecule has 0 fully saturated rings. The second-order valence-electron chi connectivity index (χ2n) is 3.04. The molecule has 0 amide bonds. The van der Waals surface area contributed by atoms with Crippen LogP contribution in [-0.2, 0) is 0 Å². The van der Waals surface area contributed by atoms with Crippen LogP contribution < -0.4 is 0 Å². The Hall–Kier alpha value is -0.480.